The average molecular weight is 337 g/mol. The van der Waals surface area contributed by atoms with Crippen LogP contribution >= 0.6 is 31.9 Å². The van der Waals surface area contributed by atoms with E-state index in [1.54, 1.807) is 0 Å². The van der Waals surface area contributed by atoms with Gasteiger partial charge in [-0.25, -0.2) is 0 Å². The van der Waals surface area contributed by atoms with Crippen LogP contribution in [0.25, 0.3) is 0 Å². The number of rotatable bonds is 4. The maximum absolute atomic E-state index is 10.4. The average Bonchev–Trinajstić information content (AvgIpc) is 2.14. The van der Waals surface area contributed by atoms with Crippen molar-refractivity contribution >= 4 is 37.8 Å². The van der Waals surface area contributed by atoms with Gasteiger partial charge in [0.1, 0.15) is 0 Å². The van der Waals surface area contributed by atoms with Gasteiger partial charge < -0.3 is 10.4 Å². The summed E-state index contributed by atoms with van der Waals surface area (Å²) in [6.45, 7) is 1.89. The number of aliphatic carboxylic acids is 1. The molecule has 0 radical (unpaired) electrons. The monoisotopic (exact) mass is 335 g/mol. The van der Waals surface area contributed by atoms with Gasteiger partial charge in [-0.3, -0.25) is 4.79 Å². The highest BCUT2D eigenvalue weighted by atomic mass is 79.9. The van der Waals surface area contributed by atoms with Gasteiger partial charge in [0.05, 0.1) is 6.54 Å². The summed E-state index contributed by atoms with van der Waals surface area (Å²) >= 11 is 6.80. The molecular weight excluding hydrogens is 326 g/mol. The number of carboxylic acid groups (broad SMARTS) is 1. The molecule has 3 nitrogen and oxygen atoms in total. The van der Waals surface area contributed by atoms with Crippen LogP contribution in [0.4, 0.5) is 0 Å². The smallest absolute Gasteiger partial charge is 0.317 e. The molecule has 2 N–H and O–H groups in total. The lowest BCUT2D eigenvalue weighted by atomic mass is 10.1. The van der Waals surface area contributed by atoms with Gasteiger partial charge in [0.2, 0.25) is 0 Å². The minimum atomic E-state index is -0.852. The fraction of sp³-hybridized carbons (Fsp3) is 0.300. The second-order valence-electron chi connectivity index (χ2n) is 3.16. The van der Waals surface area contributed by atoms with Gasteiger partial charge in [-0.15, -0.1) is 0 Å². The Morgan fingerprint density at radius 2 is 2.20 bits per heavy atom. The van der Waals surface area contributed by atoms with Gasteiger partial charge in [-0.05, 0) is 24.6 Å². The number of halogens is 2. The first-order valence-electron chi connectivity index (χ1n) is 4.41. The quantitative estimate of drug-likeness (QED) is 0.888. The molecule has 0 aliphatic heterocycles. The topological polar surface area (TPSA) is 49.3 Å². The van der Waals surface area contributed by atoms with Crippen LogP contribution in [0, 0.1) is 0 Å². The summed E-state index contributed by atoms with van der Waals surface area (Å²) in [4.78, 5) is 10.4. The van der Waals surface area contributed by atoms with Crippen molar-refractivity contribution in [1.82, 2.24) is 5.32 Å². The van der Waals surface area contributed by atoms with Crippen LogP contribution in [-0.4, -0.2) is 17.6 Å². The van der Waals surface area contributed by atoms with Crippen LogP contribution in [0.5, 0.6) is 0 Å². The summed E-state index contributed by atoms with van der Waals surface area (Å²) in [6.07, 6.45) is 0. The molecule has 1 rings (SSSR count). The molecule has 1 unspecified atom stereocenters. The van der Waals surface area contributed by atoms with Crippen LogP contribution in [0.1, 0.15) is 18.5 Å². The third kappa shape index (κ3) is 3.93. The zero-order valence-corrected chi connectivity index (χ0v) is 11.3. The van der Waals surface area contributed by atoms with E-state index < -0.39 is 5.97 Å². The highest BCUT2D eigenvalue weighted by molar-refractivity contribution is 9.11. The molecule has 1 aromatic rings. The molecule has 0 aliphatic carbocycles. The Morgan fingerprint density at radius 3 is 2.73 bits per heavy atom. The molecule has 0 amide bonds. The first-order valence-corrected chi connectivity index (χ1v) is 5.99. The Kier molecular flexibility index (Phi) is 4.76. The van der Waals surface area contributed by atoms with Gasteiger partial charge in [-0.2, -0.15) is 0 Å². The zero-order valence-electron chi connectivity index (χ0n) is 8.13. The molecule has 0 saturated heterocycles. The molecule has 82 valence electrons. The van der Waals surface area contributed by atoms with Crippen LogP contribution in [0.2, 0.25) is 0 Å². The van der Waals surface area contributed by atoms with E-state index in [1.807, 2.05) is 25.1 Å². The Hall–Kier alpha value is -0.390. The maximum Gasteiger partial charge on any atom is 0.317 e. The van der Waals surface area contributed by atoms with Crippen molar-refractivity contribution in [2.24, 2.45) is 0 Å². The number of nitrogens with one attached hydrogen (secondary N) is 1. The Morgan fingerprint density at radius 1 is 1.53 bits per heavy atom. The zero-order chi connectivity index (χ0) is 11.4. The van der Waals surface area contributed by atoms with E-state index in [9.17, 15) is 4.79 Å². The normalized spacial score (nSPS) is 12.5. The van der Waals surface area contributed by atoms with Gasteiger partial charge in [0.15, 0.2) is 0 Å². The SMILES string of the molecule is CC(NCC(=O)O)c1ccc(Br)cc1Br. The number of hydrogen-bond acceptors (Lipinski definition) is 2. The predicted molar refractivity (Wildman–Crippen MR) is 65.9 cm³/mol. The van der Waals surface area contributed by atoms with E-state index in [0.717, 1.165) is 14.5 Å². The van der Waals surface area contributed by atoms with Crippen LogP contribution in [-0.2, 0) is 4.79 Å². The second kappa shape index (κ2) is 5.63. The molecule has 0 spiro atoms. The molecule has 0 heterocycles. The number of benzene rings is 1. The summed E-state index contributed by atoms with van der Waals surface area (Å²) in [5.74, 6) is -0.852. The van der Waals surface area contributed by atoms with Crippen molar-refractivity contribution in [3.8, 4) is 0 Å². The molecule has 0 aliphatic rings. The summed E-state index contributed by atoms with van der Waals surface area (Å²) in [7, 11) is 0. The van der Waals surface area contributed by atoms with E-state index in [0.29, 0.717) is 0 Å². The molecular formula is C10H11Br2NO2. The second-order valence-corrected chi connectivity index (χ2v) is 4.93. The van der Waals surface area contributed by atoms with E-state index >= 15 is 0 Å². The third-order valence-corrected chi connectivity index (χ3v) is 3.17. The fourth-order valence-corrected chi connectivity index (χ4v) is 2.59. The van der Waals surface area contributed by atoms with Crippen molar-refractivity contribution in [3.05, 3.63) is 32.7 Å². The lowest BCUT2D eigenvalue weighted by Gasteiger charge is -2.14. The summed E-state index contributed by atoms with van der Waals surface area (Å²) in [5.41, 5.74) is 1.04. The Balaban J connectivity index is 2.73. The minimum Gasteiger partial charge on any atom is -0.480 e. The molecule has 0 fully saturated rings. The lowest BCUT2D eigenvalue weighted by Crippen LogP contribution is -2.25. The number of hydrogen-bond donors (Lipinski definition) is 2. The van der Waals surface area contributed by atoms with Crippen LogP contribution in [0.3, 0.4) is 0 Å². The first kappa shape index (κ1) is 12.7. The van der Waals surface area contributed by atoms with Gasteiger partial charge in [-0.1, -0.05) is 37.9 Å². The van der Waals surface area contributed by atoms with Crippen LogP contribution in [0.15, 0.2) is 27.1 Å². The maximum atomic E-state index is 10.4. The fourth-order valence-electron chi connectivity index (χ4n) is 1.20. The van der Waals surface area contributed by atoms with Crippen LogP contribution < -0.4 is 5.32 Å². The van der Waals surface area contributed by atoms with Crippen molar-refractivity contribution < 1.29 is 9.90 Å². The van der Waals surface area contributed by atoms with Gasteiger partial charge >= 0.3 is 5.97 Å². The van der Waals surface area contributed by atoms with Crippen molar-refractivity contribution in [3.63, 3.8) is 0 Å². The van der Waals surface area contributed by atoms with Crippen molar-refractivity contribution in [2.75, 3.05) is 6.54 Å². The van der Waals surface area contributed by atoms with E-state index in [-0.39, 0.29) is 12.6 Å². The number of carbonyl (C=O) groups is 1. The molecule has 0 bridgehead atoms. The molecule has 0 aromatic heterocycles. The molecule has 1 atom stereocenters. The lowest BCUT2D eigenvalue weighted by molar-refractivity contribution is -0.136. The van der Waals surface area contributed by atoms with Crippen molar-refractivity contribution in [1.29, 1.82) is 0 Å². The highest BCUT2D eigenvalue weighted by Crippen LogP contribution is 2.26. The Bertz CT molecular complexity index is 368. The standard InChI is InChI=1S/C10H11Br2NO2/c1-6(13-5-10(14)15)8-3-2-7(11)4-9(8)12/h2-4,6,13H,5H2,1H3,(H,14,15). The largest absolute Gasteiger partial charge is 0.480 e. The first-order chi connectivity index (χ1) is 7.00. The Labute approximate surface area is 105 Å². The third-order valence-electron chi connectivity index (χ3n) is 1.99. The van der Waals surface area contributed by atoms with E-state index in [2.05, 4.69) is 37.2 Å². The van der Waals surface area contributed by atoms with E-state index in [1.165, 1.54) is 0 Å². The summed E-state index contributed by atoms with van der Waals surface area (Å²) < 4.78 is 1.95. The minimum absolute atomic E-state index is 0.00331. The van der Waals surface area contributed by atoms with Gasteiger partial charge in [0.25, 0.3) is 0 Å². The molecule has 1 aromatic carbocycles. The summed E-state index contributed by atoms with van der Waals surface area (Å²) in [5, 5.41) is 11.5. The van der Waals surface area contributed by atoms with Gasteiger partial charge in [0, 0.05) is 15.0 Å². The summed E-state index contributed by atoms with van der Waals surface area (Å²) in [6, 6.07) is 5.82. The molecule has 0 saturated carbocycles. The highest BCUT2D eigenvalue weighted by Gasteiger charge is 2.10. The predicted octanol–water partition coefficient (Wildman–Crippen LogP) is 2.95. The van der Waals surface area contributed by atoms with E-state index in [4.69, 9.17) is 5.11 Å². The van der Waals surface area contributed by atoms with Crippen molar-refractivity contribution in [2.45, 2.75) is 13.0 Å². The molecule has 15 heavy (non-hydrogen) atoms. The molecule has 5 heteroatoms. The number of carboxylic acids is 1.